The second-order valence-electron chi connectivity index (χ2n) is 7.13. The third-order valence-corrected chi connectivity index (χ3v) is 6.55. The number of benzene rings is 1. The second kappa shape index (κ2) is 4.25. The van der Waals surface area contributed by atoms with E-state index in [1.807, 2.05) is 0 Å². The van der Waals surface area contributed by atoms with Gasteiger partial charge in [-0.2, -0.15) is 0 Å². The van der Waals surface area contributed by atoms with Gasteiger partial charge in [-0.3, -0.25) is 19.7 Å². The van der Waals surface area contributed by atoms with Crippen molar-refractivity contribution in [2.24, 2.45) is 29.1 Å². The molecule has 2 saturated carbocycles. The molecular formula is C17H13ClN2O4. The van der Waals surface area contributed by atoms with Crippen LogP contribution in [0.2, 0.25) is 5.02 Å². The first-order valence-electron chi connectivity index (χ1n) is 7.96. The molecule has 3 aliphatic carbocycles. The Morgan fingerprint density at radius 3 is 2.21 bits per heavy atom. The van der Waals surface area contributed by atoms with Crippen LogP contribution >= 0.6 is 11.6 Å². The van der Waals surface area contributed by atoms with Crippen LogP contribution in [0.3, 0.4) is 0 Å². The van der Waals surface area contributed by atoms with E-state index in [4.69, 9.17) is 11.6 Å². The van der Waals surface area contributed by atoms with Gasteiger partial charge >= 0.3 is 0 Å². The van der Waals surface area contributed by atoms with Gasteiger partial charge in [0.2, 0.25) is 11.8 Å². The van der Waals surface area contributed by atoms with Crippen LogP contribution in [0.25, 0.3) is 0 Å². The number of carbonyl (C=O) groups is 2. The summed E-state index contributed by atoms with van der Waals surface area (Å²) in [7, 11) is 0. The third-order valence-electron chi connectivity index (χ3n) is 6.23. The van der Waals surface area contributed by atoms with Crippen LogP contribution in [-0.2, 0) is 9.59 Å². The van der Waals surface area contributed by atoms with Crippen molar-refractivity contribution in [3.63, 3.8) is 0 Å². The highest BCUT2D eigenvalue weighted by atomic mass is 35.5. The van der Waals surface area contributed by atoms with Gasteiger partial charge < -0.3 is 0 Å². The van der Waals surface area contributed by atoms with Gasteiger partial charge in [0.15, 0.2) is 0 Å². The number of fused-ring (bicyclic) bond motifs is 3. The Morgan fingerprint density at radius 1 is 1.12 bits per heavy atom. The number of imide groups is 1. The van der Waals surface area contributed by atoms with E-state index in [2.05, 4.69) is 12.2 Å². The minimum atomic E-state index is -0.559. The molecule has 2 bridgehead atoms. The summed E-state index contributed by atoms with van der Waals surface area (Å²) in [5, 5.41) is 11.2. The number of nitrogens with zero attached hydrogens (tertiary/aromatic N) is 2. The van der Waals surface area contributed by atoms with Crippen LogP contribution < -0.4 is 4.90 Å². The normalized spacial score (nSPS) is 34.3. The molecule has 0 aromatic heterocycles. The number of hydrogen-bond donors (Lipinski definition) is 0. The molecule has 2 amide bonds. The van der Waals surface area contributed by atoms with Gasteiger partial charge in [-0.05, 0) is 36.2 Å². The standard InChI is InChI=1S/C17H13ClN2O4/c18-11-4-1-8(20(23)24)7-12(11)19-15(21)13-9-2-3-10(14(13)16(19)22)17(9)5-6-17/h1-4,7,9-10,13-14H,5-6H2/t9-,10+,13+,14-. The van der Waals surface area contributed by atoms with Crippen LogP contribution in [0.4, 0.5) is 11.4 Å². The number of non-ortho nitro benzene ring substituents is 1. The largest absolute Gasteiger partial charge is 0.274 e. The zero-order valence-electron chi connectivity index (χ0n) is 12.5. The lowest BCUT2D eigenvalue weighted by Gasteiger charge is -2.22. The quantitative estimate of drug-likeness (QED) is 0.357. The summed E-state index contributed by atoms with van der Waals surface area (Å²) in [5.74, 6) is -0.987. The van der Waals surface area contributed by atoms with Crippen molar-refractivity contribution < 1.29 is 14.5 Å². The number of rotatable bonds is 2. The number of anilines is 1. The molecule has 0 unspecified atom stereocenters. The van der Waals surface area contributed by atoms with E-state index in [1.54, 1.807) is 0 Å². The maximum atomic E-state index is 13.0. The molecular weight excluding hydrogens is 332 g/mol. The van der Waals surface area contributed by atoms with Gasteiger partial charge in [-0.25, -0.2) is 4.90 Å². The van der Waals surface area contributed by atoms with Crippen molar-refractivity contribution in [3.8, 4) is 0 Å². The predicted octanol–water partition coefficient (Wildman–Crippen LogP) is 2.95. The summed E-state index contributed by atoms with van der Waals surface area (Å²) in [6.07, 6.45) is 6.31. The molecule has 0 radical (unpaired) electrons. The lowest BCUT2D eigenvalue weighted by atomic mass is 9.85. The van der Waals surface area contributed by atoms with E-state index in [9.17, 15) is 19.7 Å². The average molecular weight is 345 g/mol. The van der Waals surface area contributed by atoms with E-state index in [0.29, 0.717) is 0 Å². The van der Waals surface area contributed by atoms with E-state index in [0.717, 1.165) is 17.7 Å². The summed E-state index contributed by atoms with van der Waals surface area (Å²) >= 11 is 6.14. The fourth-order valence-electron chi connectivity index (χ4n) is 5.10. The molecule has 1 aromatic carbocycles. The highest BCUT2D eigenvalue weighted by Crippen LogP contribution is 2.73. The Hall–Kier alpha value is -2.21. The van der Waals surface area contributed by atoms with Crippen LogP contribution in [0.15, 0.2) is 30.4 Å². The second-order valence-corrected chi connectivity index (χ2v) is 7.53. The summed E-state index contributed by atoms with van der Waals surface area (Å²) in [5.41, 5.74) is 0.0606. The summed E-state index contributed by atoms with van der Waals surface area (Å²) in [6.45, 7) is 0. The third kappa shape index (κ3) is 1.48. The molecule has 1 saturated heterocycles. The maximum absolute atomic E-state index is 13.0. The Kier molecular flexibility index (Phi) is 2.51. The smallest absolute Gasteiger partial charge is 0.271 e. The maximum Gasteiger partial charge on any atom is 0.271 e. The zero-order chi connectivity index (χ0) is 16.8. The van der Waals surface area contributed by atoms with E-state index in [1.165, 1.54) is 18.2 Å². The van der Waals surface area contributed by atoms with E-state index < -0.39 is 4.92 Å². The molecule has 7 heteroatoms. The highest BCUT2D eigenvalue weighted by molar-refractivity contribution is 6.36. The minimum absolute atomic E-state index is 0.117. The minimum Gasteiger partial charge on any atom is -0.274 e. The van der Waals surface area contributed by atoms with Gasteiger partial charge in [-0.15, -0.1) is 0 Å². The molecule has 6 nitrogen and oxygen atoms in total. The van der Waals surface area contributed by atoms with Crippen LogP contribution in [0, 0.1) is 39.2 Å². The fraction of sp³-hybridized carbons (Fsp3) is 0.412. The molecule has 1 aliphatic heterocycles. The molecule has 4 atom stereocenters. The topological polar surface area (TPSA) is 80.5 Å². The molecule has 0 N–H and O–H groups in total. The lowest BCUT2D eigenvalue weighted by Crippen LogP contribution is -2.35. The van der Waals surface area contributed by atoms with Crippen molar-refractivity contribution in [2.45, 2.75) is 12.8 Å². The fourth-order valence-corrected chi connectivity index (χ4v) is 5.30. The van der Waals surface area contributed by atoms with Crippen molar-refractivity contribution in [3.05, 3.63) is 45.5 Å². The SMILES string of the molecule is O=C1[C@@H]2[C@H](C(=O)N1c1cc([N+](=O)[O-])ccc1Cl)[C@@H]1C=C[C@H]2C12CC2. The number of hydrogen-bond acceptors (Lipinski definition) is 4. The summed E-state index contributed by atoms with van der Waals surface area (Å²) in [4.78, 5) is 37.5. The Morgan fingerprint density at radius 2 is 1.71 bits per heavy atom. The van der Waals surface area contributed by atoms with Crippen molar-refractivity contribution in [1.82, 2.24) is 0 Å². The molecule has 1 spiro atoms. The van der Waals surface area contributed by atoms with Gasteiger partial charge in [0, 0.05) is 12.1 Å². The summed E-state index contributed by atoms with van der Waals surface area (Å²) in [6, 6.07) is 3.84. The van der Waals surface area contributed by atoms with Crippen molar-refractivity contribution in [1.29, 1.82) is 0 Å². The van der Waals surface area contributed by atoms with Crippen molar-refractivity contribution >= 4 is 34.8 Å². The molecule has 4 aliphatic rings. The van der Waals surface area contributed by atoms with Gasteiger partial charge in [0.25, 0.3) is 5.69 Å². The number of nitro benzene ring substituents is 1. The first-order chi connectivity index (χ1) is 11.5. The van der Waals surface area contributed by atoms with Gasteiger partial charge in [0.1, 0.15) is 0 Å². The van der Waals surface area contributed by atoms with Crippen molar-refractivity contribution in [2.75, 3.05) is 4.90 Å². The first kappa shape index (κ1) is 14.2. The first-order valence-corrected chi connectivity index (χ1v) is 8.33. The number of nitro groups is 1. The zero-order valence-corrected chi connectivity index (χ0v) is 13.3. The molecule has 3 fully saturated rings. The van der Waals surface area contributed by atoms with Crippen LogP contribution in [0.1, 0.15) is 12.8 Å². The molecule has 1 heterocycles. The monoisotopic (exact) mass is 344 g/mol. The van der Waals surface area contributed by atoms with Gasteiger partial charge in [-0.1, -0.05) is 23.8 Å². The number of allylic oxidation sites excluding steroid dienone is 2. The number of amides is 2. The Balaban J connectivity index is 1.59. The Labute approximate surface area is 142 Å². The van der Waals surface area contributed by atoms with Crippen LogP contribution in [-0.4, -0.2) is 16.7 Å². The molecule has 122 valence electrons. The predicted molar refractivity (Wildman–Crippen MR) is 85.4 cm³/mol. The molecule has 1 aromatic rings. The highest BCUT2D eigenvalue weighted by Gasteiger charge is 2.73. The number of halogens is 1. The lowest BCUT2D eigenvalue weighted by molar-refractivity contribution is -0.384. The van der Waals surface area contributed by atoms with E-state index >= 15 is 0 Å². The Bertz CT molecular complexity index is 826. The van der Waals surface area contributed by atoms with Gasteiger partial charge in [0.05, 0.1) is 27.5 Å². The number of carbonyl (C=O) groups excluding carboxylic acids is 2. The molecule has 24 heavy (non-hydrogen) atoms. The van der Waals surface area contributed by atoms with Crippen LogP contribution in [0.5, 0.6) is 0 Å². The average Bonchev–Trinajstić information content (AvgIpc) is 3.14. The molecule has 5 rings (SSSR count). The summed E-state index contributed by atoms with van der Waals surface area (Å²) < 4.78 is 0. The van der Waals surface area contributed by atoms with E-state index in [-0.39, 0.29) is 57.3 Å².